The fourth-order valence-corrected chi connectivity index (χ4v) is 2.56. The van der Waals surface area contributed by atoms with Crippen LogP contribution in [0.1, 0.15) is 12.0 Å². The molecule has 1 aromatic rings. The summed E-state index contributed by atoms with van der Waals surface area (Å²) in [6.45, 7) is 3.18. The van der Waals surface area contributed by atoms with Crippen LogP contribution in [0.25, 0.3) is 0 Å². The fourth-order valence-electron chi connectivity index (χ4n) is 2.31. The zero-order valence-corrected chi connectivity index (χ0v) is 11.2. The average molecular weight is 254 g/mol. The summed E-state index contributed by atoms with van der Waals surface area (Å²) in [5, 5.41) is 0.776. The predicted molar refractivity (Wildman–Crippen MR) is 73.2 cm³/mol. The Kier molecular flexibility index (Phi) is 3.92. The Hall–Kier alpha value is -0.770. The lowest BCUT2D eigenvalue weighted by molar-refractivity contribution is 0.265. The lowest BCUT2D eigenvalue weighted by Crippen LogP contribution is -2.31. The van der Waals surface area contributed by atoms with Crippen LogP contribution in [0.15, 0.2) is 18.2 Å². The van der Waals surface area contributed by atoms with Gasteiger partial charge in [0, 0.05) is 36.4 Å². The summed E-state index contributed by atoms with van der Waals surface area (Å²) in [5.41, 5.74) is 7.59. The van der Waals surface area contributed by atoms with Gasteiger partial charge in [-0.1, -0.05) is 17.7 Å². The van der Waals surface area contributed by atoms with E-state index in [9.17, 15) is 0 Å². The standard InChI is InChI=1S/C13H20ClN3/c1-16(2)12-5-6-17(9-12)8-10-3-4-11(15)7-13(10)14/h3-4,7,12H,5-6,8-9,15H2,1-2H3. The Balaban J connectivity index is 1.98. The Labute approximate surface area is 108 Å². The summed E-state index contributed by atoms with van der Waals surface area (Å²) in [6.07, 6.45) is 1.24. The van der Waals surface area contributed by atoms with Crippen molar-refractivity contribution in [3.63, 3.8) is 0 Å². The average Bonchev–Trinajstić information content (AvgIpc) is 2.71. The molecule has 0 amide bonds. The number of nitrogens with zero attached hydrogens (tertiary/aromatic N) is 2. The second-order valence-electron chi connectivity index (χ2n) is 4.99. The largest absolute Gasteiger partial charge is 0.399 e. The van der Waals surface area contributed by atoms with Crippen molar-refractivity contribution in [1.82, 2.24) is 9.80 Å². The smallest absolute Gasteiger partial charge is 0.0471 e. The summed E-state index contributed by atoms with van der Waals surface area (Å²) in [6, 6.07) is 6.44. The molecule has 1 saturated heterocycles. The van der Waals surface area contributed by atoms with Gasteiger partial charge in [-0.2, -0.15) is 0 Å². The first-order valence-electron chi connectivity index (χ1n) is 5.99. The van der Waals surface area contributed by atoms with Gasteiger partial charge < -0.3 is 10.6 Å². The van der Waals surface area contributed by atoms with Crippen molar-refractivity contribution in [3.05, 3.63) is 28.8 Å². The molecule has 0 saturated carbocycles. The van der Waals surface area contributed by atoms with E-state index in [0.717, 1.165) is 30.3 Å². The second kappa shape index (κ2) is 5.25. The molecule has 0 bridgehead atoms. The molecular formula is C13H20ClN3. The molecule has 94 valence electrons. The summed E-state index contributed by atoms with van der Waals surface area (Å²) in [7, 11) is 4.29. The van der Waals surface area contributed by atoms with Crippen molar-refractivity contribution in [1.29, 1.82) is 0 Å². The first kappa shape index (κ1) is 12.7. The lowest BCUT2D eigenvalue weighted by atomic mass is 10.2. The highest BCUT2D eigenvalue weighted by Crippen LogP contribution is 2.23. The highest BCUT2D eigenvalue weighted by atomic mass is 35.5. The third-order valence-corrected chi connectivity index (χ3v) is 3.80. The van der Waals surface area contributed by atoms with E-state index in [1.807, 2.05) is 18.2 Å². The molecule has 1 atom stereocenters. The summed E-state index contributed by atoms with van der Waals surface area (Å²) < 4.78 is 0. The van der Waals surface area contributed by atoms with Crippen LogP contribution in [0.2, 0.25) is 5.02 Å². The molecule has 3 nitrogen and oxygen atoms in total. The highest BCUT2D eigenvalue weighted by molar-refractivity contribution is 6.31. The van der Waals surface area contributed by atoms with Gasteiger partial charge in [0.15, 0.2) is 0 Å². The van der Waals surface area contributed by atoms with E-state index in [1.165, 1.54) is 12.0 Å². The van der Waals surface area contributed by atoms with Gasteiger partial charge in [-0.05, 0) is 38.2 Å². The van der Waals surface area contributed by atoms with Crippen molar-refractivity contribution < 1.29 is 0 Å². The second-order valence-corrected chi connectivity index (χ2v) is 5.40. The van der Waals surface area contributed by atoms with E-state index < -0.39 is 0 Å². The number of hydrogen-bond acceptors (Lipinski definition) is 3. The van der Waals surface area contributed by atoms with E-state index in [1.54, 1.807) is 0 Å². The SMILES string of the molecule is CN(C)C1CCN(Cc2ccc(N)cc2Cl)C1. The van der Waals surface area contributed by atoms with E-state index >= 15 is 0 Å². The van der Waals surface area contributed by atoms with Gasteiger partial charge in [0.25, 0.3) is 0 Å². The molecule has 0 spiro atoms. The number of hydrogen-bond donors (Lipinski definition) is 1. The fraction of sp³-hybridized carbons (Fsp3) is 0.538. The third kappa shape index (κ3) is 3.12. The van der Waals surface area contributed by atoms with Gasteiger partial charge in [-0.25, -0.2) is 0 Å². The minimum atomic E-state index is 0.669. The number of likely N-dealkylation sites (tertiary alicyclic amines) is 1. The quantitative estimate of drug-likeness (QED) is 0.837. The molecule has 17 heavy (non-hydrogen) atoms. The Morgan fingerprint density at radius 3 is 2.82 bits per heavy atom. The minimum absolute atomic E-state index is 0.669. The van der Waals surface area contributed by atoms with Crippen LogP contribution in [-0.2, 0) is 6.54 Å². The van der Waals surface area contributed by atoms with Crippen LogP contribution >= 0.6 is 11.6 Å². The Morgan fingerprint density at radius 2 is 2.24 bits per heavy atom. The number of benzene rings is 1. The number of halogens is 1. The normalized spacial score (nSPS) is 21.3. The van der Waals surface area contributed by atoms with Gasteiger partial charge in [-0.15, -0.1) is 0 Å². The molecule has 1 aliphatic heterocycles. The number of likely N-dealkylation sites (N-methyl/N-ethyl adjacent to an activating group) is 1. The Bertz CT molecular complexity index is 392. The van der Waals surface area contributed by atoms with E-state index in [-0.39, 0.29) is 0 Å². The highest BCUT2D eigenvalue weighted by Gasteiger charge is 2.24. The molecule has 1 aliphatic rings. The zero-order chi connectivity index (χ0) is 12.4. The first-order valence-corrected chi connectivity index (χ1v) is 6.37. The molecule has 1 aromatic carbocycles. The maximum atomic E-state index is 6.19. The van der Waals surface area contributed by atoms with Crippen LogP contribution in [0.3, 0.4) is 0 Å². The monoisotopic (exact) mass is 253 g/mol. The molecular weight excluding hydrogens is 234 g/mol. The molecule has 1 unspecified atom stereocenters. The van der Waals surface area contributed by atoms with Crippen LogP contribution in [0.4, 0.5) is 5.69 Å². The van der Waals surface area contributed by atoms with Crippen molar-refractivity contribution in [2.24, 2.45) is 0 Å². The van der Waals surface area contributed by atoms with E-state index in [4.69, 9.17) is 17.3 Å². The number of rotatable bonds is 3. The number of nitrogens with two attached hydrogens (primary N) is 1. The number of nitrogen functional groups attached to an aromatic ring is 1. The minimum Gasteiger partial charge on any atom is -0.399 e. The van der Waals surface area contributed by atoms with Gasteiger partial charge >= 0.3 is 0 Å². The van der Waals surface area contributed by atoms with Crippen molar-refractivity contribution in [2.75, 3.05) is 32.9 Å². The van der Waals surface area contributed by atoms with Gasteiger partial charge in [0.2, 0.25) is 0 Å². The first-order chi connectivity index (χ1) is 8.06. The molecule has 4 heteroatoms. The summed E-state index contributed by atoms with van der Waals surface area (Å²) >= 11 is 6.19. The van der Waals surface area contributed by atoms with Gasteiger partial charge in [0.05, 0.1) is 0 Å². The molecule has 2 N–H and O–H groups in total. The van der Waals surface area contributed by atoms with E-state index in [0.29, 0.717) is 6.04 Å². The molecule has 1 heterocycles. The van der Waals surface area contributed by atoms with Crippen molar-refractivity contribution >= 4 is 17.3 Å². The van der Waals surface area contributed by atoms with Crippen molar-refractivity contribution in [2.45, 2.75) is 19.0 Å². The summed E-state index contributed by atoms with van der Waals surface area (Å²) in [5.74, 6) is 0. The molecule has 0 aromatic heterocycles. The molecule has 2 rings (SSSR count). The van der Waals surface area contributed by atoms with Crippen LogP contribution in [0.5, 0.6) is 0 Å². The molecule has 0 aliphatic carbocycles. The van der Waals surface area contributed by atoms with Crippen LogP contribution in [0, 0.1) is 0 Å². The van der Waals surface area contributed by atoms with Gasteiger partial charge in [0.1, 0.15) is 0 Å². The Morgan fingerprint density at radius 1 is 1.47 bits per heavy atom. The van der Waals surface area contributed by atoms with Crippen molar-refractivity contribution in [3.8, 4) is 0 Å². The topological polar surface area (TPSA) is 32.5 Å². The third-order valence-electron chi connectivity index (χ3n) is 3.45. The zero-order valence-electron chi connectivity index (χ0n) is 10.5. The lowest BCUT2D eigenvalue weighted by Gasteiger charge is -2.20. The van der Waals surface area contributed by atoms with Crippen LogP contribution in [-0.4, -0.2) is 43.0 Å². The maximum absolute atomic E-state index is 6.19. The molecule has 0 radical (unpaired) electrons. The maximum Gasteiger partial charge on any atom is 0.0471 e. The van der Waals surface area contributed by atoms with E-state index in [2.05, 4.69) is 23.9 Å². The van der Waals surface area contributed by atoms with Crippen LogP contribution < -0.4 is 5.73 Å². The summed E-state index contributed by atoms with van der Waals surface area (Å²) in [4.78, 5) is 4.74. The predicted octanol–water partition coefficient (Wildman–Crippen LogP) is 2.06. The molecule has 1 fully saturated rings. The van der Waals surface area contributed by atoms with Gasteiger partial charge in [-0.3, -0.25) is 4.90 Å². The number of anilines is 1.